The summed E-state index contributed by atoms with van der Waals surface area (Å²) in [6.45, 7) is 4.11. The van der Waals surface area contributed by atoms with Gasteiger partial charge < -0.3 is 4.90 Å². The van der Waals surface area contributed by atoms with Crippen molar-refractivity contribution >= 4 is 17.5 Å². The standard InChI is InChI=1S/C17H22ClNO/c1-13-6-10-19(11-7-13)16(20)17(8-3-9-17)14-4-2-5-15(18)12-14/h2,4-5,12-13H,3,6-11H2,1H3. The minimum Gasteiger partial charge on any atom is -0.342 e. The second kappa shape index (κ2) is 5.40. The third kappa shape index (κ3) is 2.35. The maximum atomic E-state index is 13.0. The molecule has 3 heteroatoms. The van der Waals surface area contributed by atoms with Crippen LogP contribution in [-0.2, 0) is 10.2 Å². The Morgan fingerprint density at radius 3 is 2.55 bits per heavy atom. The smallest absolute Gasteiger partial charge is 0.233 e. The van der Waals surface area contributed by atoms with Gasteiger partial charge in [0.2, 0.25) is 5.91 Å². The first kappa shape index (κ1) is 13.9. The van der Waals surface area contributed by atoms with Crippen molar-refractivity contribution in [2.24, 2.45) is 5.92 Å². The van der Waals surface area contributed by atoms with Gasteiger partial charge >= 0.3 is 0 Å². The lowest BCUT2D eigenvalue weighted by molar-refractivity contribution is -0.142. The molecule has 108 valence electrons. The second-order valence-electron chi connectivity index (χ2n) is 6.42. The summed E-state index contributed by atoms with van der Waals surface area (Å²) in [7, 11) is 0. The number of benzene rings is 1. The molecular weight excluding hydrogens is 270 g/mol. The summed E-state index contributed by atoms with van der Waals surface area (Å²) in [4.78, 5) is 15.1. The molecule has 2 aliphatic rings. The number of likely N-dealkylation sites (tertiary alicyclic amines) is 1. The van der Waals surface area contributed by atoms with E-state index < -0.39 is 0 Å². The zero-order chi connectivity index (χ0) is 14.2. The molecule has 1 aliphatic heterocycles. The van der Waals surface area contributed by atoms with Gasteiger partial charge in [-0.15, -0.1) is 0 Å². The van der Waals surface area contributed by atoms with Crippen molar-refractivity contribution in [3.63, 3.8) is 0 Å². The molecule has 1 saturated heterocycles. The average molecular weight is 292 g/mol. The van der Waals surface area contributed by atoms with Gasteiger partial charge in [-0.05, 0) is 49.3 Å². The van der Waals surface area contributed by atoms with E-state index in [0.29, 0.717) is 5.91 Å². The summed E-state index contributed by atoms with van der Waals surface area (Å²) in [5.41, 5.74) is 0.825. The molecule has 2 nitrogen and oxygen atoms in total. The third-order valence-electron chi connectivity index (χ3n) is 5.06. The number of halogens is 1. The van der Waals surface area contributed by atoms with Gasteiger partial charge in [-0.3, -0.25) is 4.79 Å². The third-order valence-corrected chi connectivity index (χ3v) is 5.30. The van der Waals surface area contributed by atoms with Gasteiger partial charge in [0.05, 0.1) is 5.41 Å². The predicted molar refractivity (Wildman–Crippen MR) is 82.0 cm³/mol. The highest BCUT2D eigenvalue weighted by Crippen LogP contribution is 2.46. The molecule has 1 aliphatic carbocycles. The Labute approximate surface area is 126 Å². The SMILES string of the molecule is CC1CCN(C(=O)C2(c3cccc(Cl)c3)CCC2)CC1. The fourth-order valence-electron chi connectivity index (χ4n) is 3.46. The topological polar surface area (TPSA) is 20.3 Å². The zero-order valence-corrected chi connectivity index (χ0v) is 12.8. The number of carbonyl (C=O) groups is 1. The van der Waals surface area contributed by atoms with Gasteiger partial charge in [-0.25, -0.2) is 0 Å². The summed E-state index contributed by atoms with van der Waals surface area (Å²) >= 11 is 6.12. The summed E-state index contributed by atoms with van der Waals surface area (Å²) < 4.78 is 0. The van der Waals surface area contributed by atoms with Crippen molar-refractivity contribution in [3.8, 4) is 0 Å². The first-order valence-corrected chi connectivity index (χ1v) is 8.05. The Hall–Kier alpha value is -1.02. The molecule has 0 bridgehead atoms. The summed E-state index contributed by atoms with van der Waals surface area (Å²) in [5, 5.41) is 0.730. The quantitative estimate of drug-likeness (QED) is 0.806. The number of rotatable bonds is 2. The number of hydrogen-bond donors (Lipinski definition) is 0. The van der Waals surface area contributed by atoms with Crippen LogP contribution in [0.2, 0.25) is 5.02 Å². The highest BCUT2D eigenvalue weighted by Gasteiger charge is 2.47. The Bertz CT molecular complexity index is 501. The van der Waals surface area contributed by atoms with Gasteiger partial charge in [0, 0.05) is 18.1 Å². The average Bonchev–Trinajstić information content (AvgIpc) is 2.38. The zero-order valence-electron chi connectivity index (χ0n) is 12.1. The van der Waals surface area contributed by atoms with E-state index in [4.69, 9.17) is 11.6 Å². The number of nitrogens with zero attached hydrogens (tertiary/aromatic N) is 1. The molecule has 1 aromatic carbocycles. The van der Waals surface area contributed by atoms with Crippen LogP contribution in [0.4, 0.5) is 0 Å². The fourth-order valence-corrected chi connectivity index (χ4v) is 3.65. The molecule has 20 heavy (non-hydrogen) atoms. The molecule has 0 atom stereocenters. The molecular formula is C17H22ClNO. The predicted octanol–water partition coefficient (Wildman–Crippen LogP) is 4.02. The van der Waals surface area contributed by atoms with Crippen LogP contribution in [0.25, 0.3) is 0 Å². The fraction of sp³-hybridized carbons (Fsp3) is 0.588. The molecule has 1 saturated carbocycles. The minimum atomic E-state index is -0.286. The van der Waals surface area contributed by atoms with Gasteiger partial charge in [0.1, 0.15) is 0 Å². The van der Waals surface area contributed by atoms with Crippen molar-refractivity contribution in [3.05, 3.63) is 34.9 Å². The van der Waals surface area contributed by atoms with E-state index in [0.717, 1.165) is 61.7 Å². The van der Waals surface area contributed by atoms with E-state index in [1.165, 1.54) is 0 Å². The van der Waals surface area contributed by atoms with E-state index in [2.05, 4.69) is 17.9 Å². The van der Waals surface area contributed by atoms with Gasteiger partial charge in [-0.1, -0.05) is 37.1 Å². The summed E-state index contributed by atoms with van der Waals surface area (Å²) in [5.74, 6) is 1.08. The van der Waals surface area contributed by atoms with E-state index in [-0.39, 0.29) is 5.41 Å². The highest BCUT2D eigenvalue weighted by atomic mass is 35.5. The van der Waals surface area contributed by atoms with Crippen LogP contribution in [0.3, 0.4) is 0 Å². The van der Waals surface area contributed by atoms with E-state index in [9.17, 15) is 4.79 Å². The van der Waals surface area contributed by atoms with Crippen molar-refractivity contribution in [2.45, 2.75) is 44.4 Å². The number of hydrogen-bond acceptors (Lipinski definition) is 1. The van der Waals surface area contributed by atoms with Crippen LogP contribution in [-0.4, -0.2) is 23.9 Å². The lowest BCUT2D eigenvalue weighted by atomic mass is 9.63. The maximum absolute atomic E-state index is 13.0. The van der Waals surface area contributed by atoms with Crippen molar-refractivity contribution < 1.29 is 4.79 Å². The van der Waals surface area contributed by atoms with Crippen LogP contribution in [0.1, 0.15) is 44.6 Å². The van der Waals surface area contributed by atoms with Crippen LogP contribution in [0.5, 0.6) is 0 Å². The Morgan fingerprint density at radius 1 is 1.30 bits per heavy atom. The first-order valence-electron chi connectivity index (χ1n) is 7.67. The molecule has 3 rings (SSSR count). The highest BCUT2D eigenvalue weighted by molar-refractivity contribution is 6.30. The number of piperidine rings is 1. The Balaban J connectivity index is 1.84. The lowest BCUT2D eigenvalue weighted by Gasteiger charge is -2.45. The monoisotopic (exact) mass is 291 g/mol. The number of carbonyl (C=O) groups excluding carboxylic acids is 1. The molecule has 1 aromatic rings. The molecule has 0 N–H and O–H groups in total. The molecule has 0 spiro atoms. The largest absolute Gasteiger partial charge is 0.342 e. The molecule has 0 unspecified atom stereocenters. The van der Waals surface area contributed by atoms with E-state index in [1.54, 1.807) is 0 Å². The van der Waals surface area contributed by atoms with Crippen molar-refractivity contribution in [2.75, 3.05) is 13.1 Å². The molecule has 0 aromatic heterocycles. The van der Waals surface area contributed by atoms with Crippen molar-refractivity contribution in [1.82, 2.24) is 4.90 Å². The van der Waals surface area contributed by atoms with Crippen LogP contribution >= 0.6 is 11.6 Å². The number of amides is 1. The summed E-state index contributed by atoms with van der Waals surface area (Å²) in [6, 6.07) is 7.88. The normalized spacial score (nSPS) is 22.4. The van der Waals surface area contributed by atoms with Crippen LogP contribution in [0.15, 0.2) is 24.3 Å². The van der Waals surface area contributed by atoms with Gasteiger partial charge in [0.25, 0.3) is 0 Å². The van der Waals surface area contributed by atoms with Crippen LogP contribution in [0, 0.1) is 5.92 Å². The van der Waals surface area contributed by atoms with E-state index in [1.807, 2.05) is 18.2 Å². The van der Waals surface area contributed by atoms with Gasteiger partial charge in [-0.2, -0.15) is 0 Å². The van der Waals surface area contributed by atoms with Gasteiger partial charge in [0.15, 0.2) is 0 Å². The molecule has 1 heterocycles. The summed E-state index contributed by atoms with van der Waals surface area (Å²) in [6.07, 6.45) is 5.35. The molecule has 1 amide bonds. The minimum absolute atomic E-state index is 0.286. The Morgan fingerprint density at radius 2 is 2.00 bits per heavy atom. The molecule has 2 fully saturated rings. The van der Waals surface area contributed by atoms with E-state index >= 15 is 0 Å². The molecule has 0 radical (unpaired) electrons. The maximum Gasteiger partial charge on any atom is 0.233 e. The van der Waals surface area contributed by atoms with Crippen LogP contribution < -0.4 is 0 Å². The van der Waals surface area contributed by atoms with Crippen molar-refractivity contribution in [1.29, 1.82) is 0 Å². The lowest BCUT2D eigenvalue weighted by Crippen LogP contribution is -2.52. The second-order valence-corrected chi connectivity index (χ2v) is 6.86. The first-order chi connectivity index (χ1) is 9.62. The Kier molecular flexibility index (Phi) is 3.76.